The number of aryl methyl sites for hydroxylation is 1. The molecule has 1 aliphatic carbocycles. The quantitative estimate of drug-likeness (QED) is 0.820. The maximum atomic E-state index is 12.7. The number of hydrogen-bond acceptors (Lipinski definition) is 5. The highest BCUT2D eigenvalue weighted by Crippen LogP contribution is 2.37. The highest BCUT2D eigenvalue weighted by atomic mass is 16.5. The van der Waals surface area contributed by atoms with Gasteiger partial charge in [0.15, 0.2) is 0 Å². The van der Waals surface area contributed by atoms with Crippen LogP contribution >= 0.6 is 0 Å². The van der Waals surface area contributed by atoms with E-state index in [1.807, 2.05) is 4.68 Å². The number of aromatic nitrogens is 3. The van der Waals surface area contributed by atoms with Gasteiger partial charge in [0.1, 0.15) is 5.65 Å². The van der Waals surface area contributed by atoms with Gasteiger partial charge in [-0.1, -0.05) is 0 Å². The Hall–Kier alpha value is -2.35. The number of aromatic amines is 1. The third-order valence-electron chi connectivity index (χ3n) is 5.96. The van der Waals surface area contributed by atoms with Gasteiger partial charge in [-0.15, -0.1) is 0 Å². The molecule has 8 heteroatoms. The Bertz CT molecular complexity index is 932. The predicted molar refractivity (Wildman–Crippen MR) is 107 cm³/mol. The molecule has 2 N–H and O–H groups in total. The molecule has 28 heavy (non-hydrogen) atoms. The fourth-order valence-electron chi connectivity index (χ4n) is 4.62. The van der Waals surface area contributed by atoms with Crippen LogP contribution in [-0.4, -0.2) is 52.5 Å². The molecular weight excluding hydrogens is 358 g/mol. The Balaban J connectivity index is 1.74. The summed E-state index contributed by atoms with van der Waals surface area (Å²) in [5, 5.41) is 8.79. The zero-order valence-electron chi connectivity index (χ0n) is 16.7. The Labute approximate surface area is 164 Å². The second-order valence-electron chi connectivity index (χ2n) is 7.74. The minimum atomic E-state index is -0.430. The summed E-state index contributed by atoms with van der Waals surface area (Å²) in [5.41, 5.74) is 3.98. The van der Waals surface area contributed by atoms with Crippen LogP contribution in [0.15, 0.2) is 4.79 Å². The van der Waals surface area contributed by atoms with Gasteiger partial charge in [-0.05, 0) is 64.6 Å². The largest absolute Gasteiger partial charge is 0.450 e. The molecule has 0 spiro atoms. The number of hydrogen-bond donors (Lipinski definition) is 2. The van der Waals surface area contributed by atoms with Crippen molar-refractivity contribution in [3.05, 3.63) is 27.2 Å². The van der Waals surface area contributed by atoms with Crippen LogP contribution in [0.1, 0.15) is 55.5 Å². The summed E-state index contributed by atoms with van der Waals surface area (Å²) < 4.78 is 6.76. The molecule has 0 saturated carbocycles. The van der Waals surface area contributed by atoms with Crippen LogP contribution in [0, 0.1) is 0 Å². The molecule has 0 aromatic carbocycles. The highest BCUT2D eigenvalue weighted by Gasteiger charge is 2.30. The van der Waals surface area contributed by atoms with Gasteiger partial charge >= 0.3 is 6.09 Å². The number of amides is 1. The number of nitrogens with one attached hydrogen (secondary N) is 2. The zero-order valence-corrected chi connectivity index (χ0v) is 16.7. The molecule has 1 amide bonds. The molecule has 2 aliphatic rings. The number of carbonyl (C=O) groups is 1. The molecule has 0 radical (unpaired) electrons. The van der Waals surface area contributed by atoms with Crippen LogP contribution in [-0.2, 0) is 24.1 Å². The fraction of sp³-hybridized carbons (Fsp3) is 0.650. The molecule has 4 rings (SSSR count). The monoisotopic (exact) mass is 387 g/mol. The van der Waals surface area contributed by atoms with Crippen LogP contribution < -0.4 is 10.9 Å². The number of likely N-dealkylation sites (tertiary alicyclic amines) is 1. The van der Waals surface area contributed by atoms with Crippen LogP contribution in [0.4, 0.5) is 4.79 Å². The molecule has 1 saturated heterocycles. The molecule has 3 heterocycles. The van der Waals surface area contributed by atoms with Crippen LogP contribution in [0.25, 0.3) is 11.0 Å². The summed E-state index contributed by atoms with van der Waals surface area (Å²) in [4.78, 5) is 29.7. The minimum Gasteiger partial charge on any atom is -0.450 e. The topological polar surface area (TPSA) is 92.2 Å². The first-order valence-corrected chi connectivity index (χ1v) is 10.4. The van der Waals surface area contributed by atoms with Crippen LogP contribution in [0.5, 0.6) is 0 Å². The third-order valence-corrected chi connectivity index (χ3v) is 5.96. The summed E-state index contributed by atoms with van der Waals surface area (Å²) in [6.07, 6.45) is 5.77. The second kappa shape index (κ2) is 7.95. The smallest absolute Gasteiger partial charge is 0.407 e. The Morgan fingerprint density at radius 3 is 2.79 bits per heavy atom. The lowest BCUT2D eigenvalue weighted by Crippen LogP contribution is -2.28. The minimum absolute atomic E-state index is 0.00743. The lowest BCUT2D eigenvalue weighted by Gasteiger charge is -2.20. The van der Waals surface area contributed by atoms with E-state index < -0.39 is 6.09 Å². The van der Waals surface area contributed by atoms with Crippen molar-refractivity contribution in [2.24, 2.45) is 0 Å². The molecule has 8 nitrogen and oxygen atoms in total. The van der Waals surface area contributed by atoms with Crippen molar-refractivity contribution in [2.75, 3.05) is 26.7 Å². The number of carbonyl (C=O) groups excluding carboxylic acids is 1. The Morgan fingerprint density at radius 1 is 1.29 bits per heavy atom. The average Bonchev–Trinajstić information content (AvgIpc) is 3.26. The summed E-state index contributed by atoms with van der Waals surface area (Å²) in [5.74, 6) is 0. The maximum absolute atomic E-state index is 12.7. The van der Waals surface area contributed by atoms with Gasteiger partial charge in [-0.2, -0.15) is 5.10 Å². The van der Waals surface area contributed by atoms with E-state index in [1.165, 1.54) is 5.56 Å². The van der Waals surface area contributed by atoms with E-state index in [0.717, 1.165) is 67.4 Å². The first kappa shape index (κ1) is 19.0. The normalized spacial score (nSPS) is 19.7. The van der Waals surface area contributed by atoms with Crippen LogP contribution in [0.3, 0.4) is 0 Å². The van der Waals surface area contributed by atoms with Gasteiger partial charge in [-0.25, -0.2) is 9.48 Å². The first-order valence-electron chi connectivity index (χ1n) is 10.4. The molecule has 0 bridgehead atoms. The molecule has 1 fully saturated rings. The Morgan fingerprint density at radius 2 is 2.07 bits per heavy atom. The summed E-state index contributed by atoms with van der Waals surface area (Å²) in [6, 6.07) is 0.277. The average molecular weight is 387 g/mol. The molecular formula is C20H29N5O3. The van der Waals surface area contributed by atoms with Crippen molar-refractivity contribution in [1.29, 1.82) is 0 Å². The van der Waals surface area contributed by atoms with Gasteiger partial charge in [0.05, 0.1) is 24.9 Å². The van der Waals surface area contributed by atoms with E-state index in [-0.39, 0.29) is 11.6 Å². The highest BCUT2D eigenvalue weighted by molar-refractivity contribution is 5.84. The zero-order chi connectivity index (χ0) is 19.7. The molecule has 152 valence electrons. The van der Waals surface area contributed by atoms with Crippen molar-refractivity contribution >= 4 is 17.1 Å². The van der Waals surface area contributed by atoms with E-state index in [0.29, 0.717) is 19.7 Å². The standard InChI is InChI=1S/C20H29N5O3/c1-3-28-20(27)21-10-12-25-18-16(17(23-25)15-9-6-11-24(15)2)13-7-4-5-8-14(13)19(26)22-18/h15H,3-12H2,1-2H3,(H,21,27)(H,22,26)/t15-/m1/s1. The molecule has 1 aliphatic heterocycles. The number of fused-ring (bicyclic) bond motifs is 3. The van der Waals surface area contributed by atoms with Crippen molar-refractivity contribution in [2.45, 2.75) is 58.0 Å². The van der Waals surface area contributed by atoms with E-state index in [2.05, 4.69) is 22.2 Å². The molecule has 0 unspecified atom stereocenters. The van der Waals surface area contributed by atoms with Gasteiger partial charge < -0.3 is 15.0 Å². The first-order chi connectivity index (χ1) is 13.6. The fourth-order valence-corrected chi connectivity index (χ4v) is 4.62. The third kappa shape index (κ3) is 3.41. The summed E-state index contributed by atoms with van der Waals surface area (Å²) >= 11 is 0. The van der Waals surface area contributed by atoms with E-state index in [4.69, 9.17) is 9.84 Å². The maximum Gasteiger partial charge on any atom is 0.407 e. The van der Waals surface area contributed by atoms with Gasteiger partial charge in [0.25, 0.3) is 5.56 Å². The number of pyridine rings is 1. The molecule has 2 aromatic rings. The lowest BCUT2D eigenvalue weighted by atomic mass is 9.89. The number of alkyl carbamates (subject to hydrolysis) is 1. The molecule has 1 atom stereocenters. The van der Waals surface area contributed by atoms with E-state index >= 15 is 0 Å². The van der Waals surface area contributed by atoms with Crippen molar-refractivity contribution in [3.63, 3.8) is 0 Å². The summed E-state index contributed by atoms with van der Waals surface area (Å²) in [6.45, 7) is 4.07. The number of nitrogens with zero attached hydrogens (tertiary/aromatic N) is 3. The van der Waals surface area contributed by atoms with Crippen molar-refractivity contribution in [3.8, 4) is 0 Å². The van der Waals surface area contributed by atoms with Gasteiger partial charge in [-0.3, -0.25) is 9.69 Å². The predicted octanol–water partition coefficient (Wildman–Crippen LogP) is 2.12. The Kier molecular flexibility index (Phi) is 5.39. The van der Waals surface area contributed by atoms with E-state index in [1.54, 1.807) is 6.92 Å². The second-order valence-corrected chi connectivity index (χ2v) is 7.74. The lowest BCUT2D eigenvalue weighted by molar-refractivity contribution is 0.152. The van der Waals surface area contributed by atoms with Crippen molar-refractivity contribution < 1.29 is 9.53 Å². The van der Waals surface area contributed by atoms with E-state index in [9.17, 15) is 9.59 Å². The van der Waals surface area contributed by atoms with Crippen molar-refractivity contribution in [1.82, 2.24) is 25.0 Å². The SMILES string of the molecule is CCOC(=O)NCCn1nc([C@H]2CCCN2C)c2c3c(c(=O)[nH]c21)CCCC3. The number of rotatable bonds is 5. The summed E-state index contributed by atoms with van der Waals surface area (Å²) in [7, 11) is 2.14. The van der Waals surface area contributed by atoms with Gasteiger partial charge in [0, 0.05) is 17.5 Å². The van der Waals surface area contributed by atoms with Crippen LogP contribution in [0.2, 0.25) is 0 Å². The number of ether oxygens (including phenoxy) is 1. The van der Waals surface area contributed by atoms with Gasteiger partial charge in [0.2, 0.25) is 0 Å². The molecule has 2 aromatic heterocycles. The number of H-pyrrole nitrogens is 1.